The summed E-state index contributed by atoms with van der Waals surface area (Å²) in [4.78, 5) is 48.5. The largest absolute Gasteiger partial charge is 0.331 e. The molecule has 0 bridgehead atoms. The number of halogens is 2. The molecule has 0 aliphatic carbocycles. The fourth-order valence-corrected chi connectivity index (χ4v) is 4.95. The summed E-state index contributed by atoms with van der Waals surface area (Å²) in [5, 5.41) is 0.523. The third-order valence-electron chi connectivity index (χ3n) is 4.57. The number of hydrogen-bond donors (Lipinski definition) is 1. The minimum Gasteiger partial charge on any atom is -0.313 e. The summed E-state index contributed by atoms with van der Waals surface area (Å²) in [6, 6.07) is 0. The molecule has 12 heteroatoms. The van der Waals surface area contributed by atoms with E-state index in [0.717, 1.165) is 4.57 Å². The van der Waals surface area contributed by atoms with Gasteiger partial charge in [-0.15, -0.1) is 11.3 Å². The summed E-state index contributed by atoms with van der Waals surface area (Å²) < 4.78 is 4.17. The fourth-order valence-electron chi connectivity index (χ4n) is 3.23. The smallest absolute Gasteiger partial charge is 0.313 e. The normalized spacial score (nSPS) is 11.6. The lowest BCUT2D eigenvalue weighted by atomic mass is 10.1. The van der Waals surface area contributed by atoms with Crippen LogP contribution in [-0.4, -0.2) is 31.7 Å². The Morgan fingerprint density at radius 2 is 1.93 bits per heavy atom. The Labute approximate surface area is 185 Å². The molecule has 9 nitrogen and oxygen atoms in total. The standard InChI is InChI=1S/C18H21Cl2N5O4S/c1-8(2)6-25-17-12(16(27)23(4)18(25)28)11(15(26)22-29-5)10(30-17)7-24-9(3)21-13(19)14(24)20/h8H,6-7H2,1-5H3,(H,22,26). The van der Waals surface area contributed by atoms with Crippen molar-refractivity contribution < 1.29 is 9.63 Å². The van der Waals surface area contributed by atoms with Crippen molar-refractivity contribution in [2.24, 2.45) is 13.0 Å². The summed E-state index contributed by atoms with van der Waals surface area (Å²) in [6.45, 7) is 6.20. The van der Waals surface area contributed by atoms with E-state index >= 15 is 0 Å². The number of hydroxylamine groups is 1. The third-order valence-corrected chi connectivity index (χ3v) is 6.51. The van der Waals surface area contributed by atoms with Gasteiger partial charge in [0.2, 0.25) is 0 Å². The Bertz CT molecular complexity index is 1250. The first-order valence-corrected chi connectivity index (χ1v) is 10.6. The molecule has 1 N–H and O–H groups in total. The first-order chi connectivity index (χ1) is 14.1. The lowest BCUT2D eigenvalue weighted by Gasteiger charge is -2.11. The summed E-state index contributed by atoms with van der Waals surface area (Å²) >= 11 is 13.5. The van der Waals surface area contributed by atoms with Crippen molar-refractivity contribution in [1.82, 2.24) is 24.2 Å². The molecule has 0 aliphatic rings. The monoisotopic (exact) mass is 473 g/mol. The Morgan fingerprint density at radius 1 is 1.27 bits per heavy atom. The number of fused-ring (bicyclic) bond motifs is 1. The molecule has 3 rings (SSSR count). The predicted molar refractivity (Wildman–Crippen MR) is 117 cm³/mol. The van der Waals surface area contributed by atoms with Crippen molar-refractivity contribution in [3.05, 3.63) is 47.4 Å². The van der Waals surface area contributed by atoms with Crippen LogP contribution in [0.1, 0.15) is 34.9 Å². The highest BCUT2D eigenvalue weighted by Gasteiger charge is 2.27. The summed E-state index contributed by atoms with van der Waals surface area (Å²) in [5.41, 5.74) is 1.42. The molecular weight excluding hydrogens is 453 g/mol. The van der Waals surface area contributed by atoms with Crippen LogP contribution in [0.25, 0.3) is 10.2 Å². The van der Waals surface area contributed by atoms with Crippen molar-refractivity contribution in [3.63, 3.8) is 0 Å². The summed E-state index contributed by atoms with van der Waals surface area (Å²) in [5.74, 6) is 0.105. The second-order valence-electron chi connectivity index (χ2n) is 7.19. The second kappa shape index (κ2) is 8.54. The van der Waals surface area contributed by atoms with Crippen LogP contribution >= 0.6 is 34.5 Å². The number of aryl methyl sites for hydroxylation is 1. The number of amides is 1. The SMILES string of the molecule is CONC(=O)c1c(Cn2c(C)nc(Cl)c2Cl)sc2c1c(=O)n(C)c(=O)n2CC(C)C. The van der Waals surface area contributed by atoms with E-state index in [4.69, 9.17) is 28.0 Å². The number of hydrogen-bond acceptors (Lipinski definition) is 6. The average molecular weight is 474 g/mol. The number of nitrogens with one attached hydrogen (secondary N) is 1. The van der Waals surface area contributed by atoms with Crippen LogP contribution in [0.15, 0.2) is 9.59 Å². The molecule has 0 aromatic carbocycles. The highest BCUT2D eigenvalue weighted by molar-refractivity contribution is 7.19. The highest BCUT2D eigenvalue weighted by atomic mass is 35.5. The van der Waals surface area contributed by atoms with E-state index in [1.807, 2.05) is 13.8 Å². The van der Waals surface area contributed by atoms with E-state index < -0.39 is 17.2 Å². The zero-order valence-corrected chi connectivity index (χ0v) is 19.4. The van der Waals surface area contributed by atoms with Gasteiger partial charge in [-0.3, -0.25) is 23.6 Å². The Kier molecular flexibility index (Phi) is 6.42. The first kappa shape index (κ1) is 22.5. The van der Waals surface area contributed by atoms with Gasteiger partial charge in [0.25, 0.3) is 11.5 Å². The van der Waals surface area contributed by atoms with Gasteiger partial charge < -0.3 is 4.57 Å². The van der Waals surface area contributed by atoms with Crippen LogP contribution in [-0.2, 0) is 25.0 Å². The van der Waals surface area contributed by atoms with E-state index in [-0.39, 0.29) is 33.7 Å². The maximum absolute atomic E-state index is 13.0. The quantitative estimate of drug-likeness (QED) is 0.554. The van der Waals surface area contributed by atoms with Crippen LogP contribution in [0.2, 0.25) is 10.3 Å². The predicted octanol–water partition coefficient (Wildman–Crippen LogP) is 2.57. The number of nitrogens with zero attached hydrogens (tertiary/aromatic N) is 4. The van der Waals surface area contributed by atoms with Crippen LogP contribution in [0.3, 0.4) is 0 Å². The number of imidazole rings is 1. The molecule has 0 atom stereocenters. The van der Waals surface area contributed by atoms with E-state index in [2.05, 4.69) is 10.5 Å². The topological polar surface area (TPSA) is 100 Å². The Morgan fingerprint density at radius 3 is 2.47 bits per heavy atom. The summed E-state index contributed by atoms with van der Waals surface area (Å²) in [6.07, 6.45) is 0. The van der Waals surface area contributed by atoms with E-state index in [9.17, 15) is 14.4 Å². The van der Waals surface area contributed by atoms with Crippen molar-refractivity contribution in [3.8, 4) is 0 Å². The molecule has 3 aromatic rings. The van der Waals surface area contributed by atoms with E-state index in [1.165, 1.54) is 30.1 Å². The van der Waals surface area contributed by atoms with Gasteiger partial charge in [0.05, 0.1) is 24.6 Å². The number of carbonyl (C=O) groups excluding carboxylic acids is 1. The van der Waals surface area contributed by atoms with Gasteiger partial charge in [-0.25, -0.2) is 15.3 Å². The molecule has 0 saturated carbocycles. The maximum Gasteiger partial charge on any atom is 0.331 e. The Balaban J connectivity index is 2.37. The van der Waals surface area contributed by atoms with Crippen molar-refractivity contribution in [2.45, 2.75) is 33.9 Å². The number of rotatable bonds is 6. The van der Waals surface area contributed by atoms with Crippen LogP contribution in [0.5, 0.6) is 0 Å². The molecule has 3 aromatic heterocycles. The second-order valence-corrected chi connectivity index (χ2v) is 8.99. The Hall–Kier alpha value is -2.14. The molecule has 0 unspecified atom stereocenters. The van der Waals surface area contributed by atoms with Gasteiger partial charge in [-0.1, -0.05) is 37.0 Å². The fraction of sp³-hybridized carbons (Fsp3) is 0.444. The van der Waals surface area contributed by atoms with Gasteiger partial charge in [-0.2, -0.15) is 0 Å². The van der Waals surface area contributed by atoms with Crippen LogP contribution < -0.4 is 16.7 Å². The molecule has 0 aliphatic heterocycles. The molecule has 0 fully saturated rings. The van der Waals surface area contributed by atoms with Crippen molar-refractivity contribution >= 4 is 50.7 Å². The minimum absolute atomic E-state index is 0.134. The van der Waals surface area contributed by atoms with E-state index in [0.29, 0.717) is 22.1 Å². The average Bonchev–Trinajstić information content (AvgIpc) is 3.16. The molecular formula is C18H21Cl2N5O4S. The highest BCUT2D eigenvalue weighted by Crippen LogP contribution is 2.32. The van der Waals surface area contributed by atoms with Gasteiger partial charge in [0.1, 0.15) is 15.8 Å². The number of aromatic nitrogens is 4. The zero-order valence-electron chi connectivity index (χ0n) is 17.1. The lowest BCUT2D eigenvalue weighted by molar-refractivity contribution is 0.0539. The number of carbonyl (C=O) groups is 1. The summed E-state index contributed by atoms with van der Waals surface area (Å²) in [7, 11) is 2.70. The number of thiophene rings is 1. The van der Waals surface area contributed by atoms with Crippen molar-refractivity contribution in [1.29, 1.82) is 0 Å². The van der Waals surface area contributed by atoms with E-state index in [1.54, 1.807) is 11.5 Å². The maximum atomic E-state index is 13.0. The molecule has 0 spiro atoms. The molecule has 162 valence electrons. The molecule has 3 heterocycles. The van der Waals surface area contributed by atoms with Gasteiger partial charge in [0, 0.05) is 18.5 Å². The molecule has 0 saturated heterocycles. The molecule has 0 radical (unpaired) electrons. The first-order valence-electron chi connectivity index (χ1n) is 9.05. The van der Waals surface area contributed by atoms with Gasteiger partial charge in [0.15, 0.2) is 5.15 Å². The van der Waals surface area contributed by atoms with Crippen LogP contribution in [0, 0.1) is 12.8 Å². The third kappa shape index (κ3) is 3.80. The van der Waals surface area contributed by atoms with Gasteiger partial charge >= 0.3 is 5.69 Å². The van der Waals surface area contributed by atoms with Crippen LogP contribution in [0.4, 0.5) is 0 Å². The van der Waals surface area contributed by atoms with Gasteiger partial charge in [-0.05, 0) is 12.8 Å². The molecule has 1 amide bonds. The minimum atomic E-state index is -0.592. The lowest BCUT2D eigenvalue weighted by Crippen LogP contribution is -2.39. The van der Waals surface area contributed by atoms with Crippen molar-refractivity contribution in [2.75, 3.05) is 7.11 Å². The zero-order chi connectivity index (χ0) is 22.3. The molecule has 30 heavy (non-hydrogen) atoms.